The maximum atomic E-state index is 13.0. The zero-order valence-corrected chi connectivity index (χ0v) is 13.1. The predicted molar refractivity (Wildman–Crippen MR) is 84.8 cm³/mol. The molecule has 0 saturated heterocycles. The van der Waals surface area contributed by atoms with Crippen LogP contribution >= 0.6 is 34.8 Å². The van der Waals surface area contributed by atoms with Crippen molar-refractivity contribution in [2.24, 2.45) is 0 Å². The van der Waals surface area contributed by atoms with Gasteiger partial charge in [-0.2, -0.15) is 0 Å². The molecule has 0 bridgehead atoms. The summed E-state index contributed by atoms with van der Waals surface area (Å²) in [7, 11) is 0. The van der Waals surface area contributed by atoms with E-state index in [1.165, 1.54) is 29.2 Å². The normalized spacial score (nSPS) is 10.5. The number of hydrogen-bond acceptors (Lipinski definition) is 1. The number of anilines is 1. The lowest BCUT2D eigenvalue weighted by Crippen LogP contribution is -2.31. The maximum Gasteiger partial charge on any atom is 0.242 e. The summed E-state index contributed by atoms with van der Waals surface area (Å²) in [5.41, 5.74) is 1.27. The number of halogens is 4. The molecule has 0 aliphatic carbocycles. The van der Waals surface area contributed by atoms with E-state index in [0.717, 1.165) is 5.56 Å². The Morgan fingerprint density at radius 3 is 2.33 bits per heavy atom. The average molecular weight is 347 g/mol. The molecule has 0 fully saturated rings. The van der Waals surface area contributed by atoms with Crippen molar-refractivity contribution < 1.29 is 9.18 Å². The van der Waals surface area contributed by atoms with Crippen LogP contribution in [0.5, 0.6) is 0 Å². The van der Waals surface area contributed by atoms with Crippen LogP contribution in [0, 0.1) is 5.82 Å². The molecule has 0 aromatic heterocycles. The Balaban J connectivity index is 2.32. The number of alkyl halides is 1. The summed E-state index contributed by atoms with van der Waals surface area (Å²) in [5.74, 6) is -0.849. The van der Waals surface area contributed by atoms with E-state index in [1.807, 2.05) is 0 Å². The first kappa shape index (κ1) is 16.1. The first-order chi connectivity index (χ1) is 10.0. The second-order valence-corrected chi connectivity index (χ2v) is 5.44. The molecule has 0 saturated carbocycles. The third kappa shape index (κ3) is 4.10. The molecule has 0 spiro atoms. The Hall–Kier alpha value is -1.29. The van der Waals surface area contributed by atoms with Crippen molar-refractivity contribution in [3.05, 3.63) is 63.9 Å². The summed E-state index contributed by atoms with van der Waals surface area (Å²) in [6, 6.07) is 10.6. The van der Waals surface area contributed by atoms with Crippen molar-refractivity contribution in [1.29, 1.82) is 0 Å². The molecule has 0 N–H and O–H groups in total. The van der Waals surface area contributed by atoms with Gasteiger partial charge in [0.2, 0.25) is 5.91 Å². The average Bonchev–Trinajstić information content (AvgIpc) is 2.47. The van der Waals surface area contributed by atoms with Gasteiger partial charge in [-0.1, -0.05) is 29.3 Å². The van der Waals surface area contributed by atoms with Gasteiger partial charge in [-0.15, -0.1) is 11.6 Å². The second-order valence-electron chi connectivity index (χ2n) is 4.33. The summed E-state index contributed by atoms with van der Waals surface area (Å²) in [6.07, 6.45) is 0. The van der Waals surface area contributed by atoms with E-state index in [1.54, 1.807) is 18.2 Å². The third-order valence-electron chi connectivity index (χ3n) is 2.90. The van der Waals surface area contributed by atoms with Gasteiger partial charge in [0.15, 0.2) is 0 Å². The van der Waals surface area contributed by atoms with Crippen molar-refractivity contribution in [3.63, 3.8) is 0 Å². The minimum Gasteiger partial charge on any atom is -0.307 e. The van der Waals surface area contributed by atoms with Gasteiger partial charge in [-0.05, 0) is 42.0 Å². The molecule has 2 rings (SSSR count). The summed E-state index contributed by atoms with van der Waals surface area (Å²) < 4.78 is 13.0. The molecule has 2 aromatic rings. The number of hydrogen-bond donors (Lipinski definition) is 0. The SMILES string of the molecule is O=C(CCl)N(Cc1ccc(Cl)cc1Cl)c1ccc(F)cc1. The lowest BCUT2D eigenvalue weighted by Gasteiger charge is -2.22. The van der Waals surface area contributed by atoms with E-state index in [9.17, 15) is 9.18 Å². The van der Waals surface area contributed by atoms with E-state index in [0.29, 0.717) is 15.7 Å². The molecule has 2 aromatic carbocycles. The minimum atomic E-state index is -0.374. The van der Waals surface area contributed by atoms with Gasteiger partial charge in [0.25, 0.3) is 0 Å². The van der Waals surface area contributed by atoms with E-state index < -0.39 is 0 Å². The Morgan fingerprint density at radius 2 is 1.76 bits per heavy atom. The van der Waals surface area contributed by atoms with Crippen molar-refractivity contribution in [2.45, 2.75) is 6.54 Å². The van der Waals surface area contributed by atoms with Gasteiger partial charge in [0.05, 0.1) is 6.54 Å². The predicted octanol–water partition coefficient (Wildman–Crippen LogP) is 4.90. The fourth-order valence-corrected chi connectivity index (χ4v) is 2.45. The van der Waals surface area contributed by atoms with Crippen molar-refractivity contribution >= 4 is 46.4 Å². The molecule has 21 heavy (non-hydrogen) atoms. The number of nitrogens with zero attached hydrogens (tertiary/aromatic N) is 1. The molecule has 0 aliphatic rings. The Bertz CT molecular complexity index is 646. The molecule has 2 nitrogen and oxygen atoms in total. The van der Waals surface area contributed by atoms with Crippen molar-refractivity contribution in [1.82, 2.24) is 0 Å². The van der Waals surface area contributed by atoms with Crippen LogP contribution in [0.2, 0.25) is 10.0 Å². The zero-order valence-electron chi connectivity index (χ0n) is 10.8. The Kier molecular flexibility index (Phi) is 5.45. The lowest BCUT2D eigenvalue weighted by atomic mass is 10.2. The highest BCUT2D eigenvalue weighted by molar-refractivity contribution is 6.35. The van der Waals surface area contributed by atoms with Crippen LogP contribution < -0.4 is 4.90 Å². The zero-order chi connectivity index (χ0) is 15.4. The van der Waals surface area contributed by atoms with Crippen LogP contribution in [0.25, 0.3) is 0 Å². The standard InChI is InChI=1S/C15H11Cl3FNO/c16-8-15(21)20(13-5-3-12(19)4-6-13)9-10-1-2-11(17)7-14(10)18/h1-7H,8-9H2. The molecule has 0 heterocycles. The summed E-state index contributed by atoms with van der Waals surface area (Å²) in [6.45, 7) is 0.229. The fraction of sp³-hybridized carbons (Fsp3) is 0.133. The van der Waals surface area contributed by atoms with Gasteiger partial charge < -0.3 is 4.90 Å². The topological polar surface area (TPSA) is 20.3 Å². The Morgan fingerprint density at radius 1 is 1.10 bits per heavy atom. The molecular formula is C15H11Cl3FNO. The van der Waals surface area contributed by atoms with Crippen LogP contribution in [-0.4, -0.2) is 11.8 Å². The van der Waals surface area contributed by atoms with Crippen molar-refractivity contribution in [2.75, 3.05) is 10.8 Å². The molecule has 6 heteroatoms. The fourth-order valence-electron chi connectivity index (χ4n) is 1.84. The van der Waals surface area contributed by atoms with E-state index in [4.69, 9.17) is 34.8 Å². The molecule has 0 unspecified atom stereocenters. The van der Waals surface area contributed by atoms with Gasteiger partial charge in [-0.25, -0.2) is 4.39 Å². The van der Waals surface area contributed by atoms with Crippen LogP contribution in [0.3, 0.4) is 0 Å². The number of rotatable bonds is 4. The molecule has 0 radical (unpaired) electrons. The summed E-state index contributed by atoms with van der Waals surface area (Å²) in [4.78, 5) is 13.5. The third-order valence-corrected chi connectivity index (χ3v) is 3.71. The monoisotopic (exact) mass is 345 g/mol. The van der Waals surface area contributed by atoms with Crippen LogP contribution in [0.4, 0.5) is 10.1 Å². The number of carbonyl (C=O) groups is 1. The van der Waals surface area contributed by atoms with Gasteiger partial charge in [0, 0.05) is 15.7 Å². The van der Waals surface area contributed by atoms with E-state index in [2.05, 4.69) is 0 Å². The van der Waals surface area contributed by atoms with Gasteiger partial charge in [0.1, 0.15) is 11.7 Å². The Labute approximate surface area is 137 Å². The highest BCUT2D eigenvalue weighted by atomic mass is 35.5. The summed E-state index contributed by atoms with van der Waals surface area (Å²) >= 11 is 17.6. The molecule has 0 aliphatic heterocycles. The van der Waals surface area contributed by atoms with Gasteiger partial charge in [-0.3, -0.25) is 4.79 Å². The van der Waals surface area contributed by atoms with Crippen molar-refractivity contribution in [3.8, 4) is 0 Å². The molecule has 110 valence electrons. The quantitative estimate of drug-likeness (QED) is 0.721. The molecule has 0 atom stereocenters. The number of amides is 1. The van der Waals surface area contributed by atoms with Crippen LogP contribution in [0.1, 0.15) is 5.56 Å². The summed E-state index contributed by atoms with van der Waals surface area (Å²) in [5, 5.41) is 0.970. The van der Waals surface area contributed by atoms with E-state index >= 15 is 0 Å². The largest absolute Gasteiger partial charge is 0.307 e. The first-order valence-corrected chi connectivity index (χ1v) is 7.36. The van der Waals surface area contributed by atoms with Crippen LogP contribution in [-0.2, 0) is 11.3 Å². The maximum absolute atomic E-state index is 13.0. The molecular weight excluding hydrogens is 336 g/mol. The van der Waals surface area contributed by atoms with Crippen LogP contribution in [0.15, 0.2) is 42.5 Å². The number of benzene rings is 2. The minimum absolute atomic E-state index is 0.178. The second kappa shape index (κ2) is 7.12. The first-order valence-electron chi connectivity index (χ1n) is 6.07. The number of carbonyl (C=O) groups excluding carboxylic acids is 1. The highest BCUT2D eigenvalue weighted by Gasteiger charge is 2.16. The van der Waals surface area contributed by atoms with Gasteiger partial charge >= 0.3 is 0 Å². The van der Waals surface area contributed by atoms with E-state index in [-0.39, 0.29) is 24.1 Å². The highest BCUT2D eigenvalue weighted by Crippen LogP contribution is 2.25. The molecule has 1 amide bonds. The smallest absolute Gasteiger partial charge is 0.242 e. The lowest BCUT2D eigenvalue weighted by molar-refractivity contribution is -0.116.